The first-order chi connectivity index (χ1) is 9.76. The van der Waals surface area contributed by atoms with Gasteiger partial charge in [0.15, 0.2) is 0 Å². The standard InChI is InChI=1S/C16H24N2O2/c1-3-6-17-7-9-18(10-8-17)12-15-11-14(13-19)4-5-16(15)20-2/h4-5,11,13H,3,6-10,12H2,1-2H3. The molecule has 1 aliphatic heterocycles. The number of carbonyl (C=O) groups is 1. The summed E-state index contributed by atoms with van der Waals surface area (Å²) >= 11 is 0. The van der Waals surface area contributed by atoms with Crippen LogP contribution in [0.2, 0.25) is 0 Å². The average molecular weight is 276 g/mol. The number of benzene rings is 1. The van der Waals surface area contributed by atoms with Gasteiger partial charge in [0.2, 0.25) is 0 Å². The summed E-state index contributed by atoms with van der Waals surface area (Å²) < 4.78 is 5.39. The van der Waals surface area contributed by atoms with Crippen LogP contribution in [-0.2, 0) is 6.54 Å². The Morgan fingerprint density at radius 3 is 2.50 bits per heavy atom. The number of rotatable bonds is 6. The number of methoxy groups -OCH3 is 1. The number of nitrogens with zero attached hydrogens (tertiary/aromatic N) is 2. The molecule has 0 unspecified atom stereocenters. The zero-order chi connectivity index (χ0) is 14.4. The van der Waals surface area contributed by atoms with Crippen molar-refractivity contribution in [1.29, 1.82) is 0 Å². The Labute approximate surface area is 121 Å². The minimum absolute atomic E-state index is 0.713. The van der Waals surface area contributed by atoms with Gasteiger partial charge >= 0.3 is 0 Å². The zero-order valence-electron chi connectivity index (χ0n) is 12.5. The molecule has 0 aromatic heterocycles. The van der Waals surface area contributed by atoms with Crippen molar-refractivity contribution < 1.29 is 9.53 Å². The highest BCUT2D eigenvalue weighted by atomic mass is 16.5. The molecule has 0 radical (unpaired) electrons. The van der Waals surface area contributed by atoms with E-state index in [1.807, 2.05) is 12.1 Å². The summed E-state index contributed by atoms with van der Waals surface area (Å²) in [5.41, 5.74) is 1.81. The first-order valence-electron chi connectivity index (χ1n) is 7.33. The van der Waals surface area contributed by atoms with Crippen LogP contribution >= 0.6 is 0 Å². The van der Waals surface area contributed by atoms with E-state index < -0.39 is 0 Å². The Balaban J connectivity index is 1.98. The number of hydrogen-bond acceptors (Lipinski definition) is 4. The van der Waals surface area contributed by atoms with Gasteiger partial charge in [-0.2, -0.15) is 0 Å². The second-order valence-electron chi connectivity index (χ2n) is 5.31. The number of ether oxygens (including phenoxy) is 1. The molecule has 110 valence electrons. The van der Waals surface area contributed by atoms with Crippen molar-refractivity contribution in [2.45, 2.75) is 19.9 Å². The molecule has 20 heavy (non-hydrogen) atoms. The lowest BCUT2D eigenvalue weighted by atomic mass is 10.1. The molecule has 0 bridgehead atoms. The molecule has 1 aromatic rings. The van der Waals surface area contributed by atoms with E-state index in [2.05, 4.69) is 16.7 Å². The molecule has 4 nitrogen and oxygen atoms in total. The summed E-state index contributed by atoms with van der Waals surface area (Å²) in [5, 5.41) is 0. The fourth-order valence-corrected chi connectivity index (χ4v) is 2.72. The van der Waals surface area contributed by atoms with Crippen molar-refractivity contribution in [2.75, 3.05) is 39.8 Å². The minimum atomic E-state index is 0.713. The minimum Gasteiger partial charge on any atom is -0.496 e. The van der Waals surface area contributed by atoms with E-state index in [4.69, 9.17) is 4.74 Å². The van der Waals surface area contributed by atoms with E-state index in [1.54, 1.807) is 13.2 Å². The first kappa shape index (κ1) is 15.0. The van der Waals surface area contributed by atoms with Crippen LogP contribution in [0.25, 0.3) is 0 Å². The second-order valence-corrected chi connectivity index (χ2v) is 5.31. The van der Waals surface area contributed by atoms with Crippen LogP contribution in [0.15, 0.2) is 18.2 Å². The van der Waals surface area contributed by atoms with Crippen LogP contribution in [0.4, 0.5) is 0 Å². The third-order valence-corrected chi connectivity index (χ3v) is 3.84. The van der Waals surface area contributed by atoms with Gasteiger partial charge in [0.1, 0.15) is 12.0 Å². The van der Waals surface area contributed by atoms with E-state index >= 15 is 0 Å². The van der Waals surface area contributed by atoms with Crippen molar-refractivity contribution in [3.05, 3.63) is 29.3 Å². The zero-order valence-corrected chi connectivity index (χ0v) is 12.5. The van der Waals surface area contributed by atoms with Crippen molar-refractivity contribution in [2.24, 2.45) is 0 Å². The van der Waals surface area contributed by atoms with Crippen molar-refractivity contribution in [1.82, 2.24) is 9.80 Å². The van der Waals surface area contributed by atoms with Gasteiger partial charge in [-0.25, -0.2) is 0 Å². The molecule has 0 spiro atoms. The summed E-state index contributed by atoms with van der Waals surface area (Å²) in [6.45, 7) is 8.68. The summed E-state index contributed by atoms with van der Waals surface area (Å²) in [6.07, 6.45) is 2.11. The van der Waals surface area contributed by atoms with Crippen LogP contribution in [-0.4, -0.2) is 55.9 Å². The Morgan fingerprint density at radius 1 is 1.20 bits per heavy atom. The smallest absolute Gasteiger partial charge is 0.150 e. The molecule has 2 rings (SSSR count). The van der Waals surface area contributed by atoms with Gasteiger partial charge in [-0.3, -0.25) is 9.69 Å². The highest BCUT2D eigenvalue weighted by molar-refractivity contribution is 5.75. The lowest BCUT2D eigenvalue weighted by Crippen LogP contribution is -2.46. The van der Waals surface area contributed by atoms with Crippen molar-refractivity contribution in [3.63, 3.8) is 0 Å². The van der Waals surface area contributed by atoms with Gasteiger partial charge < -0.3 is 9.64 Å². The number of carbonyl (C=O) groups excluding carboxylic acids is 1. The highest BCUT2D eigenvalue weighted by Crippen LogP contribution is 2.21. The number of piperazine rings is 1. The Hall–Kier alpha value is -1.39. The molecule has 1 aromatic carbocycles. The van der Waals surface area contributed by atoms with Gasteiger partial charge in [-0.15, -0.1) is 0 Å². The highest BCUT2D eigenvalue weighted by Gasteiger charge is 2.17. The predicted molar refractivity (Wildman–Crippen MR) is 80.4 cm³/mol. The Morgan fingerprint density at radius 2 is 1.90 bits per heavy atom. The fraction of sp³-hybridized carbons (Fsp3) is 0.562. The van der Waals surface area contributed by atoms with Crippen molar-refractivity contribution >= 4 is 6.29 Å². The van der Waals surface area contributed by atoms with Crippen molar-refractivity contribution in [3.8, 4) is 5.75 Å². The van der Waals surface area contributed by atoms with E-state index in [1.165, 1.54) is 13.0 Å². The number of aldehydes is 1. The molecule has 1 aliphatic rings. The molecular weight excluding hydrogens is 252 g/mol. The van der Waals surface area contributed by atoms with E-state index in [0.29, 0.717) is 5.56 Å². The second kappa shape index (κ2) is 7.41. The molecule has 4 heteroatoms. The first-order valence-corrected chi connectivity index (χ1v) is 7.33. The normalized spacial score (nSPS) is 17.1. The lowest BCUT2D eigenvalue weighted by molar-refractivity contribution is 0.112. The maximum atomic E-state index is 10.9. The Kier molecular flexibility index (Phi) is 5.56. The van der Waals surface area contributed by atoms with E-state index in [-0.39, 0.29) is 0 Å². The lowest BCUT2D eigenvalue weighted by Gasteiger charge is -2.34. The van der Waals surface area contributed by atoms with Crippen LogP contribution in [0.3, 0.4) is 0 Å². The van der Waals surface area contributed by atoms with Crippen LogP contribution in [0.5, 0.6) is 5.75 Å². The van der Waals surface area contributed by atoms with Crippen LogP contribution < -0.4 is 4.74 Å². The van der Waals surface area contributed by atoms with Gasteiger partial charge in [0, 0.05) is 43.9 Å². The quantitative estimate of drug-likeness (QED) is 0.744. The third kappa shape index (κ3) is 3.81. The Bertz CT molecular complexity index is 440. The summed E-state index contributed by atoms with van der Waals surface area (Å²) in [6, 6.07) is 5.62. The van der Waals surface area contributed by atoms with E-state index in [9.17, 15) is 4.79 Å². The van der Waals surface area contributed by atoms with Gasteiger partial charge in [0.25, 0.3) is 0 Å². The number of hydrogen-bond donors (Lipinski definition) is 0. The molecule has 0 N–H and O–H groups in total. The molecule has 0 aliphatic carbocycles. The molecule has 0 amide bonds. The van der Waals surface area contributed by atoms with Gasteiger partial charge in [0.05, 0.1) is 7.11 Å². The topological polar surface area (TPSA) is 32.8 Å². The summed E-state index contributed by atoms with van der Waals surface area (Å²) in [4.78, 5) is 15.8. The van der Waals surface area contributed by atoms with Crippen LogP contribution in [0, 0.1) is 0 Å². The molecule has 1 fully saturated rings. The molecule has 0 saturated carbocycles. The monoisotopic (exact) mass is 276 g/mol. The molecule has 0 atom stereocenters. The van der Waals surface area contributed by atoms with Gasteiger partial charge in [-0.1, -0.05) is 6.92 Å². The molecule has 1 heterocycles. The average Bonchev–Trinajstić information content (AvgIpc) is 2.49. The third-order valence-electron chi connectivity index (χ3n) is 3.84. The molecule has 1 saturated heterocycles. The summed E-state index contributed by atoms with van der Waals surface area (Å²) in [7, 11) is 1.68. The SMILES string of the molecule is CCCN1CCN(Cc2cc(C=O)ccc2OC)CC1. The van der Waals surface area contributed by atoms with Crippen LogP contribution in [0.1, 0.15) is 29.3 Å². The largest absolute Gasteiger partial charge is 0.496 e. The fourth-order valence-electron chi connectivity index (χ4n) is 2.72. The maximum Gasteiger partial charge on any atom is 0.150 e. The predicted octanol–water partition coefficient (Wildman–Crippen LogP) is 2.04. The summed E-state index contributed by atoms with van der Waals surface area (Å²) in [5.74, 6) is 0.867. The maximum absolute atomic E-state index is 10.9. The molecular formula is C16H24N2O2. The van der Waals surface area contributed by atoms with E-state index in [0.717, 1.165) is 50.3 Å². The van der Waals surface area contributed by atoms with Gasteiger partial charge in [-0.05, 0) is 31.2 Å².